The third kappa shape index (κ3) is 6.75. The minimum atomic E-state index is -3.55. The minimum Gasteiger partial charge on any atom is -0.325 e. The molecule has 0 saturated carbocycles. The fourth-order valence-electron chi connectivity index (χ4n) is 1.97. The van der Waals surface area contributed by atoms with Crippen molar-refractivity contribution in [3.8, 4) is 0 Å². The van der Waals surface area contributed by atoms with Gasteiger partial charge in [0.25, 0.3) is 0 Å². The molecule has 2 N–H and O–H groups in total. The molecule has 7 nitrogen and oxygen atoms in total. The lowest BCUT2D eigenvalue weighted by Gasteiger charge is -2.12. The van der Waals surface area contributed by atoms with Crippen molar-refractivity contribution in [2.75, 3.05) is 11.1 Å². The van der Waals surface area contributed by atoms with E-state index in [9.17, 15) is 13.2 Å². The molecule has 1 aromatic carbocycles. The molecule has 0 aliphatic rings. The summed E-state index contributed by atoms with van der Waals surface area (Å²) in [6.07, 6.45) is 0. The lowest BCUT2D eigenvalue weighted by Crippen LogP contribution is -2.30. The van der Waals surface area contributed by atoms with E-state index in [4.69, 9.17) is 0 Å². The maximum absolute atomic E-state index is 12.4. The van der Waals surface area contributed by atoms with Crippen molar-refractivity contribution in [3.05, 3.63) is 24.3 Å². The van der Waals surface area contributed by atoms with Crippen LogP contribution in [0, 0.1) is 0 Å². The number of rotatable bonds is 9. The number of aromatic nitrogens is 2. The first kappa shape index (κ1) is 22.2. The van der Waals surface area contributed by atoms with E-state index in [0.717, 1.165) is 14.4 Å². The Labute approximate surface area is 172 Å². The number of hydrogen-bond donors (Lipinski definition) is 2. The van der Waals surface area contributed by atoms with Crippen LogP contribution in [0.2, 0.25) is 0 Å². The van der Waals surface area contributed by atoms with E-state index in [0.29, 0.717) is 5.69 Å². The van der Waals surface area contributed by atoms with E-state index in [-0.39, 0.29) is 22.1 Å². The molecule has 0 bridgehead atoms. The standard InChI is InChI=1S/C16H22N4O3S4/c1-5-24-15-18-19-16(26-15)25-11(4)14(21)17-12-6-8-13(9-7-12)27(22,23)20-10(2)3/h6-11,20H,5H2,1-4H3,(H,17,21). The van der Waals surface area contributed by atoms with E-state index in [1.807, 2.05) is 6.92 Å². The molecule has 2 rings (SSSR count). The van der Waals surface area contributed by atoms with Gasteiger partial charge in [-0.05, 0) is 50.8 Å². The number of anilines is 1. The summed E-state index contributed by atoms with van der Waals surface area (Å²) in [5.41, 5.74) is 0.537. The van der Waals surface area contributed by atoms with Crippen LogP contribution in [-0.2, 0) is 14.8 Å². The monoisotopic (exact) mass is 446 g/mol. The summed E-state index contributed by atoms with van der Waals surface area (Å²) >= 11 is 4.43. The van der Waals surface area contributed by atoms with Crippen LogP contribution < -0.4 is 10.0 Å². The Bertz CT molecular complexity index is 866. The van der Waals surface area contributed by atoms with E-state index in [1.54, 1.807) is 44.7 Å². The van der Waals surface area contributed by atoms with Crippen LogP contribution in [0.5, 0.6) is 0 Å². The largest absolute Gasteiger partial charge is 0.325 e. The van der Waals surface area contributed by atoms with Crippen molar-refractivity contribution in [2.24, 2.45) is 0 Å². The molecule has 27 heavy (non-hydrogen) atoms. The van der Waals surface area contributed by atoms with Gasteiger partial charge < -0.3 is 5.32 Å². The molecule has 2 aromatic rings. The second-order valence-corrected chi connectivity index (χ2v) is 11.6. The summed E-state index contributed by atoms with van der Waals surface area (Å²) in [6.45, 7) is 7.35. The molecular formula is C16H22N4O3S4. The average molecular weight is 447 g/mol. The molecule has 0 fully saturated rings. The maximum atomic E-state index is 12.4. The van der Waals surface area contributed by atoms with E-state index in [2.05, 4.69) is 20.2 Å². The van der Waals surface area contributed by atoms with Gasteiger partial charge in [-0.3, -0.25) is 4.79 Å². The van der Waals surface area contributed by atoms with E-state index < -0.39 is 10.0 Å². The number of carbonyl (C=O) groups excluding carboxylic acids is 1. The van der Waals surface area contributed by atoms with Crippen molar-refractivity contribution >= 4 is 56.5 Å². The predicted octanol–water partition coefficient (Wildman–Crippen LogP) is 3.46. The third-order valence-electron chi connectivity index (χ3n) is 3.13. The molecule has 1 heterocycles. The van der Waals surface area contributed by atoms with Crippen LogP contribution >= 0.6 is 34.9 Å². The van der Waals surface area contributed by atoms with Gasteiger partial charge in [0.15, 0.2) is 8.68 Å². The van der Waals surface area contributed by atoms with E-state index >= 15 is 0 Å². The highest BCUT2D eigenvalue weighted by Crippen LogP contribution is 2.31. The molecule has 0 radical (unpaired) electrons. The molecule has 0 spiro atoms. The Hall–Kier alpha value is -1.14. The van der Waals surface area contributed by atoms with Gasteiger partial charge in [0.2, 0.25) is 15.9 Å². The van der Waals surface area contributed by atoms with Crippen LogP contribution in [0.3, 0.4) is 0 Å². The highest BCUT2D eigenvalue weighted by Gasteiger charge is 2.19. The normalized spacial score (nSPS) is 12.9. The molecule has 148 valence electrons. The fourth-order valence-corrected chi connectivity index (χ4v) is 6.28. The molecule has 11 heteroatoms. The molecule has 1 aromatic heterocycles. The Kier molecular flexibility index (Phi) is 8.10. The summed E-state index contributed by atoms with van der Waals surface area (Å²) in [5.74, 6) is 0.740. The van der Waals surface area contributed by atoms with Crippen molar-refractivity contribution < 1.29 is 13.2 Å². The van der Waals surface area contributed by atoms with Gasteiger partial charge in [0.1, 0.15) is 0 Å². The van der Waals surface area contributed by atoms with Gasteiger partial charge in [-0.2, -0.15) is 0 Å². The smallest absolute Gasteiger partial charge is 0.240 e. The van der Waals surface area contributed by atoms with Gasteiger partial charge in [-0.15, -0.1) is 10.2 Å². The molecule has 0 saturated heterocycles. The quantitative estimate of drug-likeness (QED) is 0.569. The van der Waals surface area contributed by atoms with E-state index in [1.165, 1.54) is 35.2 Å². The SMILES string of the molecule is CCSc1nnc(SC(C)C(=O)Nc2ccc(S(=O)(=O)NC(C)C)cc2)s1. The molecule has 0 aliphatic carbocycles. The van der Waals surface area contributed by atoms with Crippen LogP contribution in [0.25, 0.3) is 0 Å². The maximum Gasteiger partial charge on any atom is 0.240 e. The third-order valence-corrected chi connectivity index (χ3v) is 7.92. The summed E-state index contributed by atoms with van der Waals surface area (Å²) in [5, 5.41) is 10.6. The Morgan fingerprint density at radius 3 is 2.37 bits per heavy atom. The zero-order valence-corrected chi connectivity index (χ0v) is 18.7. The van der Waals surface area contributed by atoms with Gasteiger partial charge in [0.05, 0.1) is 10.1 Å². The molecule has 1 unspecified atom stereocenters. The highest BCUT2D eigenvalue weighted by molar-refractivity contribution is 8.03. The fraction of sp³-hybridized carbons (Fsp3) is 0.438. The number of carbonyl (C=O) groups is 1. The van der Waals surface area contributed by atoms with Crippen molar-refractivity contribution in [1.82, 2.24) is 14.9 Å². The van der Waals surface area contributed by atoms with Crippen LogP contribution in [-0.4, -0.2) is 41.6 Å². The first-order valence-corrected chi connectivity index (χ1v) is 12.4. The Morgan fingerprint density at radius 2 is 1.78 bits per heavy atom. The first-order chi connectivity index (χ1) is 12.7. The second-order valence-electron chi connectivity index (χ2n) is 5.82. The Morgan fingerprint density at radius 1 is 1.15 bits per heavy atom. The van der Waals surface area contributed by atoms with Gasteiger partial charge >= 0.3 is 0 Å². The highest BCUT2D eigenvalue weighted by atomic mass is 32.2. The van der Waals surface area contributed by atoms with Crippen molar-refractivity contribution in [3.63, 3.8) is 0 Å². The summed E-state index contributed by atoms with van der Waals surface area (Å²) in [4.78, 5) is 12.5. The lowest BCUT2D eigenvalue weighted by atomic mass is 10.3. The number of thioether (sulfide) groups is 2. The zero-order chi connectivity index (χ0) is 20.0. The molecule has 0 aliphatic heterocycles. The van der Waals surface area contributed by atoms with Crippen LogP contribution in [0.15, 0.2) is 37.8 Å². The Balaban J connectivity index is 1.96. The van der Waals surface area contributed by atoms with Crippen LogP contribution in [0.1, 0.15) is 27.7 Å². The minimum absolute atomic E-state index is 0.159. The second kappa shape index (κ2) is 9.87. The lowest BCUT2D eigenvalue weighted by molar-refractivity contribution is -0.115. The van der Waals surface area contributed by atoms with Crippen molar-refractivity contribution in [1.29, 1.82) is 0 Å². The molecule has 1 amide bonds. The number of nitrogens with zero attached hydrogens (tertiary/aromatic N) is 2. The molecule has 1 atom stereocenters. The number of benzene rings is 1. The van der Waals surface area contributed by atoms with Gasteiger partial charge in [-0.1, -0.05) is 41.8 Å². The number of sulfonamides is 1. The van der Waals surface area contributed by atoms with Crippen molar-refractivity contribution in [2.45, 2.75) is 52.6 Å². The summed E-state index contributed by atoms with van der Waals surface area (Å²) in [6, 6.07) is 5.90. The zero-order valence-electron chi connectivity index (χ0n) is 15.4. The summed E-state index contributed by atoms with van der Waals surface area (Å²) in [7, 11) is -3.55. The van der Waals surface area contributed by atoms with Gasteiger partial charge in [0, 0.05) is 11.7 Å². The average Bonchev–Trinajstić information content (AvgIpc) is 3.01. The number of hydrogen-bond acceptors (Lipinski definition) is 8. The predicted molar refractivity (Wildman–Crippen MR) is 112 cm³/mol. The summed E-state index contributed by atoms with van der Waals surface area (Å²) < 4.78 is 28.4. The number of amides is 1. The first-order valence-electron chi connectivity index (χ1n) is 8.27. The number of nitrogens with one attached hydrogen (secondary N) is 2. The van der Waals surface area contributed by atoms with Crippen LogP contribution in [0.4, 0.5) is 5.69 Å². The topological polar surface area (TPSA) is 101 Å². The van der Waals surface area contributed by atoms with Gasteiger partial charge in [-0.25, -0.2) is 13.1 Å². The molecular weight excluding hydrogens is 424 g/mol.